The van der Waals surface area contributed by atoms with Gasteiger partial charge in [0.25, 0.3) is 5.91 Å². The van der Waals surface area contributed by atoms with Crippen LogP contribution >= 0.6 is 11.3 Å². The van der Waals surface area contributed by atoms with Crippen molar-refractivity contribution in [2.24, 2.45) is 16.8 Å². The highest BCUT2D eigenvalue weighted by atomic mass is 32.1. The Labute approximate surface area is 282 Å². The third kappa shape index (κ3) is 9.00. The molecule has 0 bridgehead atoms. The first-order chi connectivity index (χ1) is 23.0. The number of hydrogen-bond donors (Lipinski definition) is 3. The maximum absolute atomic E-state index is 13.7. The van der Waals surface area contributed by atoms with Gasteiger partial charge in [-0.1, -0.05) is 48.5 Å². The van der Waals surface area contributed by atoms with E-state index >= 15 is 0 Å². The molecule has 0 aliphatic heterocycles. The number of aryl methyl sites for hydroxylation is 1. The maximum Gasteiger partial charge on any atom is 0.254 e. The second kappa shape index (κ2) is 15.9. The lowest BCUT2D eigenvalue weighted by atomic mass is 9.91. The first-order valence-electron chi connectivity index (χ1n) is 17.2. The van der Waals surface area contributed by atoms with Crippen molar-refractivity contribution < 1.29 is 19.1 Å². The first-order valence-corrected chi connectivity index (χ1v) is 18.0. The minimum atomic E-state index is -0.453. The van der Waals surface area contributed by atoms with E-state index in [1.54, 1.807) is 11.3 Å². The summed E-state index contributed by atoms with van der Waals surface area (Å²) in [7, 11) is 0. The molecule has 9 nitrogen and oxygen atoms in total. The molecule has 1 heterocycles. The second-order valence-corrected chi connectivity index (χ2v) is 13.7. The highest BCUT2D eigenvalue weighted by Gasteiger charge is 2.35. The van der Waals surface area contributed by atoms with Crippen LogP contribution in [0.25, 0.3) is 0 Å². The van der Waals surface area contributed by atoms with Crippen molar-refractivity contribution >= 4 is 39.8 Å². The van der Waals surface area contributed by atoms with Crippen LogP contribution in [0.5, 0.6) is 0 Å². The van der Waals surface area contributed by atoms with Gasteiger partial charge in [0.1, 0.15) is 5.00 Å². The minimum absolute atomic E-state index is 0.0254. The van der Waals surface area contributed by atoms with Crippen molar-refractivity contribution in [1.82, 2.24) is 10.6 Å². The monoisotopic (exact) mass is 657 g/mol. The van der Waals surface area contributed by atoms with Crippen LogP contribution in [0.15, 0.2) is 65.7 Å². The molecule has 0 saturated heterocycles. The Morgan fingerprint density at radius 2 is 1.66 bits per heavy atom. The molecule has 3 aliphatic carbocycles. The molecule has 10 heteroatoms. The molecular formula is C37H47N5O4S. The zero-order valence-electron chi connectivity index (χ0n) is 27.5. The van der Waals surface area contributed by atoms with Crippen molar-refractivity contribution in [1.29, 1.82) is 0 Å². The molecule has 3 aromatic rings. The summed E-state index contributed by atoms with van der Waals surface area (Å²) in [5.41, 5.74) is 3.85. The van der Waals surface area contributed by atoms with E-state index in [4.69, 9.17) is 14.5 Å². The van der Waals surface area contributed by atoms with Crippen molar-refractivity contribution in [2.75, 3.05) is 36.5 Å². The van der Waals surface area contributed by atoms with Crippen molar-refractivity contribution in [3.05, 3.63) is 82.2 Å². The van der Waals surface area contributed by atoms with Crippen molar-refractivity contribution in [2.45, 2.75) is 77.7 Å². The number of fused-ring (bicyclic) bond motifs is 1. The molecular weight excluding hydrogens is 611 g/mol. The van der Waals surface area contributed by atoms with Gasteiger partial charge in [-0.05, 0) is 88.0 Å². The molecule has 1 unspecified atom stereocenters. The zero-order chi connectivity index (χ0) is 32.6. The van der Waals surface area contributed by atoms with Crippen LogP contribution in [0, 0.1) is 11.8 Å². The van der Waals surface area contributed by atoms with E-state index in [1.807, 2.05) is 38.1 Å². The predicted molar refractivity (Wildman–Crippen MR) is 188 cm³/mol. The number of guanidine groups is 1. The Kier molecular flexibility index (Phi) is 11.2. The van der Waals surface area contributed by atoms with Gasteiger partial charge in [0.05, 0.1) is 18.7 Å². The third-order valence-corrected chi connectivity index (χ3v) is 10.1. The molecule has 3 N–H and O–H groups in total. The summed E-state index contributed by atoms with van der Waals surface area (Å²) >= 11 is 1.57. The molecule has 2 fully saturated rings. The van der Waals surface area contributed by atoms with Crippen LogP contribution in [0.2, 0.25) is 0 Å². The van der Waals surface area contributed by atoms with Crippen LogP contribution in [-0.2, 0) is 33.7 Å². The number of anilines is 2. The smallest absolute Gasteiger partial charge is 0.254 e. The van der Waals surface area contributed by atoms with E-state index in [0.717, 1.165) is 61.3 Å². The van der Waals surface area contributed by atoms with Gasteiger partial charge in [-0.15, -0.1) is 11.3 Å². The molecule has 2 saturated carbocycles. The van der Waals surface area contributed by atoms with E-state index in [-0.39, 0.29) is 23.8 Å². The quantitative estimate of drug-likeness (QED) is 0.103. The number of benzene rings is 2. The Morgan fingerprint density at radius 3 is 2.32 bits per heavy atom. The number of nitrogens with zero attached hydrogens (tertiary/aromatic N) is 2. The molecule has 6 rings (SSSR count). The summed E-state index contributed by atoms with van der Waals surface area (Å²) < 4.78 is 11.7. The van der Waals surface area contributed by atoms with Crippen molar-refractivity contribution in [3.8, 4) is 0 Å². The average molecular weight is 658 g/mol. The van der Waals surface area contributed by atoms with Gasteiger partial charge in [-0.25, -0.2) is 4.99 Å². The molecule has 2 aromatic carbocycles. The van der Waals surface area contributed by atoms with Crippen LogP contribution in [-0.4, -0.2) is 56.4 Å². The van der Waals surface area contributed by atoms with E-state index in [9.17, 15) is 9.59 Å². The fraction of sp³-hybridized carbons (Fsp3) is 0.486. The van der Waals surface area contributed by atoms with Crippen LogP contribution < -0.4 is 20.9 Å². The molecule has 3 aliphatic rings. The van der Waals surface area contributed by atoms with Gasteiger partial charge in [-0.3, -0.25) is 9.59 Å². The number of hydrogen-bond acceptors (Lipinski definition) is 6. The fourth-order valence-electron chi connectivity index (χ4n) is 5.98. The fourth-order valence-corrected chi connectivity index (χ4v) is 7.23. The lowest BCUT2D eigenvalue weighted by Gasteiger charge is -2.32. The lowest BCUT2D eigenvalue weighted by molar-refractivity contribution is -0.128. The highest BCUT2D eigenvalue weighted by Crippen LogP contribution is 2.40. The zero-order valence-corrected chi connectivity index (χ0v) is 28.3. The lowest BCUT2D eigenvalue weighted by Crippen LogP contribution is -2.48. The molecule has 47 heavy (non-hydrogen) atoms. The summed E-state index contributed by atoms with van der Waals surface area (Å²) in [6, 6.07) is 20.7. The summed E-state index contributed by atoms with van der Waals surface area (Å²) in [5, 5.41) is 10.8. The van der Waals surface area contributed by atoms with E-state index in [2.05, 4.69) is 57.2 Å². The number of carbonyl (C=O) groups excluding carboxylic acids is 2. The minimum Gasteiger partial charge on any atom is -0.353 e. The number of ether oxygens (including phenoxy) is 2. The highest BCUT2D eigenvalue weighted by molar-refractivity contribution is 7.17. The predicted octanol–water partition coefficient (Wildman–Crippen LogP) is 6.15. The second-order valence-electron chi connectivity index (χ2n) is 12.6. The van der Waals surface area contributed by atoms with Gasteiger partial charge < -0.3 is 30.3 Å². The summed E-state index contributed by atoms with van der Waals surface area (Å²) in [4.78, 5) is 35.0. The SMILES string of the molecule is CCOC(CN=C(NC1CCc2sc(NC(=O)C3CC3)c(C(=O)NCC3CC3)c2C1)N(Cc1ccccc1)c1ccccc1)OCC. The number of thiophene rings is 1. The van der Waals surface area contributed by atoms with Crippen molar-refractivity contribution in [3.63, 3.8) is 0 Å². The molecule has 1 atom stereocenters. The van der Waals surface area contributed by atoms with Gasteiger partial charge >= 0.3 is 0 Å². The summed E-state index contributed by atoms with van der Waals surface area (Å²) in [5.74, 6) is 1.31. The topological polar surface area (TPSA) is 104 Å². The number of rotatable bonds is 15. The van der Waals surface area contributed by atoms with E-state index in [0.29, 0.717) is 55.8 Å². The number of para-hydroxylation sites is 1. The average Bonchev–Trinajstić information content (AvgIpc) is 4.03. The Morgan fingerprint density at radius 1 is 0.957 bits per heavy atom. The third-order valence-electron chi connectivity index (χ3n) is 8.86. The van der Waals surface area contributed by atoms with Crippen LogP contribution in [0.4, 0.5) is 10.7 Å². The number of carbonyl (C=O) groups is 2. The largest absolute Gasteiger partial charge is 0.353 e. The standard InChI is InChI=1S/C37H47N5O4S/c1-3-45-32(46-4-2)23-39-37(42(29-13-9-6-10-14-29)24-26-11-7-5-8-12-26)40-28-19-20-31-30(21-28)33(35(44)38-22-25-15-16-25)36(47-31)41-34(43)27-17-18-27/h5-14,25,27-28,32H,3-4,15-24H2,1-2H3,(H,38,44)(H,39,40)(H,41,43). The molecule has 2 amide bonds. The van der Waals surface area contributed by atoms with Gasteiger partial charge in [-0.2, -0.15) is 0 Å². The molecule has 0 spiro atoms. The Hall–Kier alpha value is -3.73. The summed E-state index contributed by atoms with van der Waals surface area (Å²) in [6.07, 6.45) is 6.06. The van der Waals surface area contributed by atoms with Crippen LogP contribution in [0.3, 0.4) is 0 Å². The Balaban J connectivity index is 1.29. The summed E-state index contributed by atoms with van der Waals surface area (Å²) in [6.45, 7) is 6.62. The number of aliphatic imine (C=N–C) groups is 1. The van der Waals surface area contributed by atoms with E-state index in [1.165, 1.54) is 4.88 Å². The Bertz CT molecular complexity index is 1510. The number of nitrogens with one attached hydrogen (secondary N) is 3. The molecule has 1 aromatic heterocycles. The first kappa shape index (κ1) is 33.2. The number of amides is 2. The van der Waals surface area contributed by atoms with Crippen LogP contribution in [0.1, 0.15) is 72.3 Å². The van der Waals surface area contributed by atoms with Gasteiger partial charge in [0.2, 0.25) is 5.91 Å². The van der Waals surface area contributed by atoms with Gasteiger partial charge in [0.15, 0.2) is 12.2 Å². The van der Waals surface area contributed by atoms with Gasteiger partial charge in [0, 0.05) is 42.3 Å². The maximum atomic E-state index is 13.7. The molecule has 250 valence electrons. The van der Waals surface area contributed by atoms with E-state index < -0.39 is 6.29 Å². The normalized spacial score (nSPS) is 17.7. The molecule has 0 radical (unpaired) electrons.